The largest absolute Gasteiger partial charge is 0.317 e. The number of rotatable bonds is 5. The minimum Gasteiger partial charge on any atom is -0.317 e. The molecule has 0 aromatic carbocycles. The van der Waals surface area contributed by atoms with E-state index in [1.807, 2.05) is 0 Å². The zero-order chi connectivity index (χ0) is 14.2. The summed E-state index contributed by atoms with van der Waals surface area (Å²) in [6.45, 7) is 4.40. The van der Waals surface area contributed by atoms with Crippen LogP contribution in [0.2, 0.25) is 0 Å². The highest BCUT2D eigenvalue weighted by molar-refractivity contribution is 7.89. The lowest BCUT2D eigenvalue weighted by Crippen LogP contribution is -2.40. The van der Waals surface area contributed by atoms with Crippen LogP contribution in [-0.2, 0) is 10.0 Å². The predicted molar refractivity (Wildman–Crippen MR) is 75.8 cm³/mol. The van der Waals surface area contributed by atoms with Crippen molar-refractivity contribution in [1.82, 2.24) is 19.8 Å². The molecule has 112 valence electrons. The topological polar surface area (TPSA) is 78.1 Å². The Morgan fingerprint density at radius 1 is 1.30 bits per heavy atom. The summed E-state index contributed by atoms with van der Waals surface area (Å²) in [5, 5.41) is 9.91. The van der Waals surface area contributed by atoms with E-state index in [2.05, 4.69) is 15.5 Å². The molecule has 0 unspecified atom stereocenters. The van der Waals surface area contributed by atoms with E-state index >= 15 is 0 Å². The van der Waals surface area contributed by atoms with E-state index in [1.54, 1.807) is 11.2 Å². The lowest BCUT2D eigenvalue weighted by molar-refractivity contribution is 0.283. The van der Waals surface area contributed by atoms with Crippen molar-refractivity contribution < 1.29 is 8.42 Å². The summed E-state index contributed by atoms with van der Waals surface area (Å²) in [5.41, 5.74) is 0.626. The molecule has 3 rings (SSSR count). The van der Waals surface area contributed by atoms with E-state index in [4.69, 9.17) is 0 Å². The summed E-state index contributed by atoms with van der Waals surface area (Å²) in [5.74, 6) is 0.471. The van der Waals surface area contributed by atoms with E-state index in [-0.39, 0.29) is 6.04 Å². The smallest absolute Gasteiger partial charge is 0.246 e. The summed E-state index contributed by atoms with van der Waals surface area (Å²) in [6.07, 6.45) is 5.52. The second-order valence-electron chi connectivity index (χ2n) is 5.86. The molecule has 2 fully saturated rings. The number of nitrogens with zero attached hydrogens (tertiary/aromatic N) is 2. The van der Waals surface area contributed by atoms with Crippen LogP contribution in [0.3, 0.4) is 0 Å². The van der Waals surface area contributed by atoms with Crippen molar-refractivity contribution in [3.05, 3.63) is 11.9 Å². The van der Waals surface area contributed by atoms with Crippen LogP contribution in [0.1, 0.15) is 31.4 Å². The van der Waals surface area contributed by atoms with Crippen LogP contribution in [0.25, 0.3) is 0 Å². The molecule has 1 aliphatic carbocycles. The SMILES string of the molecule is Cc1[nH]ncc1S(=O)(=O)N(CC1CCNCC1)C1CC1. The quantitative estimate of drug-likeness (QED) is 0.845. The highest BCUT2D eigenvalue weighted by Gasteiger charge is 2.40. The molecule has 0 bridgehead atoms. The molecule has 1 aromatic heterocycles. The van der Waals surface area contributed by atoms with Gasteiger partial charge in [0.05, 0.1) is 11.9 Å². The first-order chi connectivity index (χ1) is 9.59. The third kappa shape index (κ3) is 2.75. The van der Waals surface area contributed by atoms with Crippen LogP contribution in [0.4, 0.5) is 0 Å². The van der Waals surface area contributed by atoms with Gasteiger partial charge in [0, 0.05) is 12.6 Å². The van der Waals surface area contributed by atoms with Crippen molar-refractivity contribution in [3.8, 4) is 0 Å². The molecule has 1 aromatic rings. The maximum atomic E-state index is 12.8. The summed E-state index contributed by atoms with van der Waals surface area (Å²) in [4.78, 5) is 0.332. The maximum Gasteiger partial charge on any atom is 0.246 e. The molecule has 0 amide bonds. The highest BCUT2D eigenvalue weighted by Crippen LogP contribution is 2.34. The first kappa shape index (κ1) is 14.0. The Kier molecular flexibility index (Phi) is 3.83. The minimum atomic E-state index is -3.41. The van der Waals surface area contributed by atoms with Crippen LogP contribution in [-0.4, -0.2) is 48.6 Å². The molecule has 20 heavy (non-hydrogen) atoms. The minimum absolute atomic E-state index is 0.198. The second kappa shape index (κ2) is 5.46. The standard InChI is InChI=1S/C13H22N4O2S/c1-10-13(8-15-16-10)20(18,19)17(12-2-3-12)9-11-4-6-14-7-5-11/h8,11-12,14H,2-7,9H2,1H3,(H,15,16). The van der Waals surface area contributed by atoms with Gasteiger partial charge in [-0.3, -0.25) is 5.10 Å². The van der Waals surface area contributed by atoms with Crippen LogP contribution >= 0.6 is 0 Å². The number of hydrogen-bond acceptors (Lipinski definition) is 4. The van der Waals surface area contributed by atoms with Crippen molar-refractivity contribution in [3.63, 3.8) is 0 Å². The average molecular weight is 298 g/mol. The monoisotopic (exact) mass is 298 g/mol. The predicted octanol–water partition coefficient (Wildman–Crippen LogP) is 0.871. The Morgan fingerprint density at radius 2 is 2.00 bits per heavy atom. The molecular weight excluding hydrogens is 276 g/mol. The van der Waals surface area contributed by atoms with Gasteiger partial charge < -0.3 is 5.32 Å². The van der Waals surface area contributed by atoms with Gasteiger partial charge in [-0.1, -0.05) is 0 Å². The van der Waals surface area contributed by atoms with Crippen LogP contribution in [0.15, 0.2) is 11.1 Å². The Hall–Kier alpha value is -0.920. The van der Waals surface area contributed by atoms with Crippen LogP contribution in [0, 0.1) is 12.8 Å². The van der Waals surface area contributed by atoms with Gasteiger partial charge in [0.2, 0.25) is 10.0 Å². The van der Waals surface area contributed by atoms with Gasteiger partial charge >= 0.3 is 0 Å². The van der Waals surface area contributed by atoms with Crippen molar-refractivity contribution in [2.75, 3.05) is 19.6 Å². The fourth-order valence-electron chi connectivity index (χ4n) is 2.85. The Labute approximate surface area is 120 Å². The second-order valence-corrected chi connectivity index (χ2v) is 7.72. The highest BCUT2D eigenvalue weighted by atomic mass is 32.2. The van der Waals surface area contributed by atoms with Gasteiger partial charge in [-0.2, -0.15) is 9.40 Å². The normalized spacial score (nSPS) is 21.5. The molecule has 0 atom stereocenters. The molecule has 1 aliphatic heterocycles. The van der Waals surface area contributed by atoms with E-state index in [9.17, 15) is 8.42 Å². The molecule has 6 nitrogen and oxygen atoms in total. The zero-order valence-electron chi connectivity index (χ0n) is 11.8. The number of nitrogens with one attached hydrogen (secondary N) is 2. The summed E-state index contributed by atoms with van der Waals surface area (Å²) in [7, 11) is -3.41. The van der Waals surface area contributed by atoms with Gasteiger partial charge in [0.25, 0.3) is 0 Å². The van der Waals surface area contributed by atoms with Crippen LogP contribution < -0.4 is 5.32 Å². The molecule has 0 radical (unpaired) electrons. The van der Waals surface area contributed by atoms with Crippen molar-refractivity contribution in [1.29, 1.82) is 0 Å². The van der Waals surface area contributed by atoms with Crippen molar-refractivity contribution in [2.45, 2.75) is 43.5 Å². The molecule has 2 aliphatic rings. The van der Waals surface area contributed by atoms with E-state index in [0.29, 0.717) is 23.1 Å². The van der Waals surface area contributed by atoms with Crippen molar-refractivity contribution in [2.24, 2.45) is 5.92 Å². The molecule has 2 heterocycles. The Morgan fingerprint density at radius 3 is 2.55 bits per heavy atom. The van der Waals surface area contributed by atoms with Crippen LogP contribution in [0.5, 0.6) is 0 Å². The molecule has 7 heteroatoms. The third-order valence-electron chi connectivity index (χ3n) is 4.22. The van der Waals surface area contributed by atoms with E-state index in [1.165, 1.54) is 6.20 Å². The van der Waals surface area contributed by atoms with Gasteiger partial charge in [-0.15, -0.1) is 0 Å². The Bertz CT molecular complexity index is 559. The number of piperidine rings is 1. The molecule has 1 saturated heterocycles. The maximum absolute atomic E-state index is 12.8. The van der Waals surface area contributed by atoms with Crippen molar-refractivity contribution >= 4 is 10.0 Å². The zero-order valence-corrected chi connectivity index (χ0v) is 12.6. The number of aromatic amines is 1. The summed E-state index contributed by atoms with van der Waals surface area (Å²) >= 11 is 0. The van der Waals surface area contributed by atoms with Gasteiger partial charge in [-0.05, 0) is 51.6 Å². The molecule has 0 spiro atoms. The number of aryl methyl sites for hydroxylation is 1. The van der Waals surface area contributed by atoms with E-state index in [0.717, 1.165) is 38.8 Å². The fourth-order valence-corrected chi connectivity index (χ4v) is 4.73. The third-order valence-corrected chi connectivity index (χ3v) is 6.25. The number of sulfonamides is 1. The number of aromatic nitrogens is 2. The lowest BCUT2D eigenvalue weighted by atomic mass is 9.98. The first-order valence-corrected chi connectivity index (χ1v) is 8.75. The summed E-state index contributed by atoms with van der Waals surface area (Å²) in [6, 6.07) is 0.198. The first-order valence-electron chi connectivity index (χ1n) is 7.31. The van der Waals surface area contributed by atoms with Gasteiger partial charge in [-0.25, -0.2) is 8.42 Å². The van der Waals surface area contributed by atoms with Gasteiger partial charge in [0.1, 0.15) is 4.90 Å². The Balaban J connectivity index is 1.81. The number of H-pyrrole nitrogens is 1. The molecular formula is C13H22N4O2S. The number of hydrogen-bond donors (Lipinski definition) is 2. The molecule has 2 N–H and O–H groups in total. The van der Waals surface area contributed by atoms with E-state index < -0.39 is 10.0 Å². The molecule has 1 saturated carbocycles. The average Bonchev–Trinajstić information content (AvgIpc) is 3.18. The fraction of sp³-hybridized carbons (Fsp3) is 0.769. The van der Waals surface area contributed by atoms with Gasteiger partial charge in [0.15, 0.2) is 0 Å². The lowest BCUT2D eigenvalue weighted by Gasteiger charge is -2.29. The summed E-state index contributed by atoms with van der Waals surface area (Å²) < 4.78 is 27.4.